The molecule has 0 saturated carbocycles. The maximum absolute atomic E-state index is 5.59. The molecule has 0 aliphatic carbocycles. The van der Waals surface area contributed by atoms with Crippen LogP contribution >= 0.6 is 0 Å². The first-order chi connectivity index (χ1) is 10.3. The Morgan fingerprint density at radius 1 is 1.24 bits per heavy atom. The van der Waals surface area contributed by atoms with Crippen molar-refractivity contribution in [2.75, 3.05) is 6.61 Å². The highest BCUT2D eigenvalue weighted by atomic mass is 16.5. The second-order valence-electron chi connectivity index (χ2n) is 4.44. The predicted molar refractivity (Wildman–Crippen MR) is 77.8 cm³/mol. The third kappa shape index (κ3) is 2.65. The van der Waals surface area contributed by atoms with Gasteiger partial charge >= 0.3 is 0 Å². The summed E-state index contributed by atoms with van der Waals surface area (Å²) in [4.78, 5) is 4.43. The first-order valence-electron chi connectivity index (χ1n) is 6.90. The van der Waals surface area contributed by atoms with Crippen LogP contribution < -0.4 is 4.74 Å². The second kappa shape index (κ2) is 5.78. The van der Waals surface area contributed by atoms with Crippen molar-refractivity contribution in [2.24, 2.45) is 0 Å². The Morgan fingerprint density at radius 3 is 2.86 bits per heavy atom. The quantitative estimate of drug-likeness (QED) is 0.720. The normalized spacial score (nSPS) is 10.8. The summed E-state index contributed by atoms with van der Waals surface area (Å²) in [6, 6.07) is 7.64. The molecule has 2 heterocycles. The van der Waals surface area contributed by atoms with E-state index in [0.29, 0.717) is 18.3 Å². The van der Waals surface area contributed by atoms with Crippen LogP contribution in [-0.2, 0) is 6.54 Å². The number of hydrogen-bond donors (Lipinski definition) is 0. The van der Waals surface area contributed by atoms with Crippen LogP contribution in [0.5, 0.6) is 5.75 Å². The summed E-state index contributed by atoms with van der Waals surface area (Å²) >= 11 is 0. The second-order valence-corrected chi connectivity index (χ2v) is 4.44. The summed E-state index contributed by atoms with van der Waals surface area (Å²) < 4.78 is 12.7. The van der Waals surface area contributed by atoms with Crippen molar-refractivity contribution in [3.05, 3.63) is 36.7 Å². The molecule has 21 heavy (non-hydrogen) atoms. The third-order valence-electron chi connectivity index (χ3n) is 3.06. The van der Waals surface area contributed by atoms with E-state index in [2.05, 4.69) is 15.2 Å². The maximum atomic E-state index is 5.59. The van der Waals surface area contributed by atoms with Crippen molar-refractivity contribution in [3.63, 3.8) is 0 Å². The molecule has 6 heteroatoms. The first kappa shape index (κ1) is 13.4. The number of benzene rings is 1. The summed E-state index contributed by atoms with van der Waals surface area (Å²) in [6.07, 6.45) is 3.60. The fourth-order valence-electron chi connectivity index (χ4n) is 2.03. The van der Waals surface area contributed by atoms with Gasteiger partial charge in [0.05, 0.1) is 23.9 Å². The molecule has 0 radical (unpaired) electrons. The topological polar surface area (TPSA) is 66.0 Å². The Labute approximate surface area is 122 Å². The number of para-hydroxylation sites is 1. The smallest absolute Gasteiger partial charge is 0.261 e. The Bertz CT molecular complexity index is 733. The van der Waals surface area contributed by atoms with Gasteiger partial charge in [-0.2, -0.15) is 10.1 Å². The molecule has 2 aromatic heterocycles. The van der Waals surface area contributed by atoms with Gasteiger partial charge in [-0.1, -0.05) is 17.3 Å². The maximum Gasteiger partial charge on any atom is 0.261 e. The van der Waals surface area contributed by atoms with Gasteiger partial charge in [-0.3, -0.25) is 4.68 Å². The number of hydrogen-bond acceptors (Lipinski definition) is 5. The minimum Gasteiger partial charge on any atom is -0.493 e. The van der Waals surface area contributed by atoms with Crippen LogP contribution in [0.1, 0.15) is 13.8 Å². The average Bonchev–Trinajstić information content (AvgIpc) is 3.17. The SMILES string of the molecule is CCOc1ccccc1-c1noc(-c2cnn(CC)c2)n1. The van der Waals surface area contributed by atoms with E-state index in [1.54, 1.807) is 6.20 Å². The number of aryl methyl sites for hydroxylation is 1. The van der Waals surface area contributed by atoms with Gasteiger partial charge in [0.15, 0.2) is 0 Å². The highest BCUT2D eigenvalue weighted by Crippen LogP contribution is 2.29. The zero-order valence-electron chi connectivity index (χ0n) is 12.0. The Morgan fingerprint density at radius 2 is 2.10 bits per heavy atom. The molecule has 0 atom stereocenters. The Kier molecular flexibility index (Phi) is 3.68. The van der Waals surface area contributed by atoms with Crippen LogP contribution in [0, 0.1) is 0 Å². The van der Waals surface area contributed by atoms with Gasteiger partial charge in [0.2, 0.25) is 5.82 Å². The third-order valence-corrected chi connectivity index (χ3v) is 3.06. The molecular weight excluding hydrogens is 268 g/mol. The largest absolute Gasteiger partial charge is 0.493 e. The lowest BCUT2D eigenvalue weighted by molar-refractivity contribution is 0.341. The highest BCUT2D eigenvalue weighted by Gasteiger charge is 2.15. The highest BCUT2D eigenvalue weighted by molar-refractivity contribution is 5.65. The molecule has 0 amide bonds. The van der Waals surface area contributed by atoms with Crippen LogP contribution in [0.15, 0.2) is 41.2 Å². The fraction of sp³-hybridized carbons (Fsp3) is 0.267. The fourth-order valence-corrected chi connectivity index (χ4v) is 2.03. The van der Waals surface area contributed by atoms with E-state index >= 15 is 0 Å². The van der Waals surface area contributed by atoms with E-state index in [9.17, 15) is 0 Å². The molecule has 6 nitrogen and oxygen atoms in total. The summed E-state index contributed by atoms with van der Waals surface area (Å²) in [7, 11) is 0. The van der Waals surface area contributed by atoms with Gasteiger partial charge in [0.1, 0.15) is 5.75 Å². The summed E-state index contributed by atoms with van der Waals surface area (Å²) in [6.45, 7) is 5.35. The number of rotatable bonds is 5. The van der Waals surface area contributed by atoms with E-state index in [1.807, 2.05) is 49.0 Å². The number of aromatic nitrogens is 4. The molecule has 0 spiro atoms. The van der Waals surface area contributed by atoms with Crippen molar-refractivity contribution in [1.29, 1.82) is 0 Å². The van der Waals surface area contributed by atoms with Crippen LogP contribution in [0.3, 0.4) is 0 Å². The minimum absolute atomic E-state index is 0.455. The van der Waals surface area contributed by atoms with Crippen LogP contribution in [0.4, 0.5) is 0 Å². The molecule has 0 bridgehead atoms. The molecular formula is C15H16N4O2. The van der Waals surface area contributed by atoms with Crippen molar-refractivity contribution in [1.82, 2.24) is 19.9 Å². The van der Waals surface area contributed by atoms with Crippen molar-refractivity contribution in [3.8, 4) is 28.6 Å². The van der Waals surface area contributed by atoms with Gasteiger partial charge in [-0.25, -0.2) is 0 Å². The van der Waals surface area contributed by atoms with Crippen LogP contribution in [0.25, 0.3) is 22.8 Å². The molecule has 0 aliphatic heterocycles. The van der Waals surface area contributed by atoms with Crippen LogP contribution in [0.2, 0.25) is 0 Å². The van der Waals surface area contributed by atoms with E-state index in [-0.39, 0.29) is 0 Å². The zero-order valence-corrected chi connectivity index (χ0v) is 12.0. The van der Waals surface area contributed by atoms with Crippen molar-refractivity contribution >= 4 is 0 Å². The molecule has 3 rings (SSSR count). The lowest BCUT2D eigenvalue weighted by atomic mass is 10.2. The molecule has 108 valence electrons. The first-order valence-corrected chi connectivity index (χ1v) is 6.90. The monoisotopic (exact) mass is 284 g/mol. The van der Waals surface area contributed by atoms with Gasteiger partial charge in [0.25, 0.3) is 5.89 Å². The summed E-state index contributed by atoms with van der Waals surface area (Å²) in [5, 5.41) is 8.24. The molecule has 1 aromatic carbocycles. The van der Waals surface area contributed by atoms with Crippen molar-refractivity contribution in [2.45, 2.75) is 20.4 Å². The van der Waals surface area contributed by atoms with E-state index in [1.165, 1.54) is 0 Å². The zero-order chi connectivity index (χ0) is 14.7. The number of ether oxygens (including phenoxy) is 1. The van der Waals surface area contributed by atoms with E-state index < -0.39 is 0 Å². The van der Waals surface area contributed by atoms with Gasteiger partial charge in [-0.15, -0.1) is 0 Å². The Hall–Kier alpha value is -2.63. The van der Waals surface area contributed by atoms with Crippen LogP contribution in [-0.4, -0.2) is 26.5 Å². The molecule has 0 saturated heterocycles. The standard InChI is InChI=1S/C15H16N4O2/c1-3-19-10-11(9-16-19)15-17-14(18-21-15)12-7-5-6-8-13(12)20-4-2/h5-10H,3-4H2,1-2H3. The molecule has 0 fully saturated rings. The predicted octanol–water partition coefficient (Wildman–Crippen LogP) is 3.02. The molecule has 0 N–H and O–H groups in total. The van der Waals surface area contributed by atoms with Gasteiger partial charge in [-0.05, 0) is 26.0 Å². The molecule has 3 aromatic rings. The van der Waals surface area contributed by atoms with E-state index in [0.717, 1.165) is 23.4 Å². The van der Waals surface area contributed by atoms with Gasteiger partial charge < -0.3 is 9.26 Å². The molecule has 0 unspecified atom stereocenters. The summed E-state index contributed by atoms with van der Waals surface area (Å²) in [5.74, 6) is 1.71. The molecule has 0 aliphatic rings. The average molecular weight is 284 g/mol. The summed E-state index contributed by atoms with van der Waals surface area (Å²) in [5.41, 5.74) is 1.63. The van der Waals surface area contributed by atoms with Gasteiger partial charge in [0, 0.05) is 12.7 Å². The van der Waals surface area contributed by atoms with E-state index in [4.69, 9.17) is 9.26 Å². The lowest BCUT2D eigenvalue weighted by Crippen LogP contribution is -1.94. The lowest BCUT2D eigenvalue weighted by Gasteiger charge is -2.05. The van der Waals surface area contributed by atoms with Crippen molar-refractivity contribution < 1.29 is 9.26 Å². The number of nitrogens with zero attached hydrogens (tertiary/aromatic N) is 4. The Balaban J connectivity index is 1.95. The minimum atomic E-state index is 0.455.